The molecular weight excluding hydrogens is 311 g/mol. The Morgan fingerprint density at radius 1 is 0.958 bits per heavy atom. The smallest absolute Gasteiger partial charge is 0.412 e. The number of hydrogen-bond acceptors (Lipinski definition) is 3. The topological polar surface area (TPSA) is 67.4 Å². The molecule has 0 aliphatic carbocycles. The van der Waals surface area contributed by atoms with E-state index in [0.29, 0.717) is 16.9 Å². The van der Waals surface area contributed by atoms with Crippen LogP contribution in [0.25, 0.3) is 0 Å². The molecule has 6 heteroatoms. The van der Waals surface area contributed by atoms with Gasteiger partial charge >= 0.3 is 6.09 Å². The molecule has 2 N–H and O–H groups in total. The van der Waals surface area contributed by atoms with Gasteiger partial charge in [-0.15, -0.1) is 0 Å². The van der Waals surface area contributed by atoms with Gasteiger partial charge in [-0.25, -0.2) is 9.18 Å². The Bertz CT molecular complexity index is 737. The third kappa shape index (κ3) is 5.39. The lowest BCUT2D eigenvalue weighted by molar-refractivity contribution is 0.0635. The van der Waals surface area contributed by atoms with Gasteiger partial charge in [0.1, 0.15) is 11.4 Å². The number of anilines is 2. The fraction of sp³-hybridized carbons (Fsp3) is 0.222. The van der Waals surface area contributed by atoms with E-state index in [9.17, 15) is 14.0 Å². The quantitative estimate of drug-likeness (QED) is 0.875. The first kappa shape index (κ1) is 17.5. The first-order chi connectivity index (χ1) is 11.2. The van der Waals surface area contributed by atoms with Gasteiger partial charge in [-0.3, -0.25) is 10.1 Å². The van der Waals surface area contributed by atoms with Crippen LogP contribution in [0.5, 0.6) is 0 Å². The number of ether oxygens (including phenoxy) is 1. The molecule has 0 saturated carbocycles. The minimum absolute atomic E-state index is 0.355. The van der Waals surface area contributed by atoms with Gasteiger partial charge in [-0.05, 0) is 63.2 Å². The zero-order valence-corrected chi connectivity index (χ0v) is 13.7. The maximum absolute atomic E-state index is 12.9. The molecule has 2 aromatic rings. The third-order valence-corrected chi connectivity index (χ3v) is 2.87. The van der Waals surface area contributed by atoms with Crippen LogP contribution in [0.3, 0.4) is 0 Å². The van der Waals surface area contributed by atoms with Gasteiger partial charge in [0.15, 0.2) is 0 Å². The summed E-state index contributed by atoms with van der Waals surface area (Å²) in [5.74, 6) is -0.744. The van der Waals surface area contributed by atoms with E-state index in [0.717, 1.165) is 0 Å². The largest absolute Gasteiger partial charge is 0.444 e. The van der Waals surface area contributed by atoms with Gasteiger partial charge in [-0.1, -0.05) is 6.07 Å². The molecule has 0 spiro atoms. The van der Waals surface area contributed by atoms with Crippen molar-refractivity contribution in [1.29, 1.82) is 0 Å². The van der Waals surface area contributed by atoms with Crippen molar-refractivity contribution in [2.45, 2.75) is 26.4 Å². The van der Waals surface area contributed by atoms with Crippen molar-refractivity contribution in [3.05, 3.63) is 59.9 Å². The van der Waals surface area contributed by atoms with Crippen LogP contribution in [0, 0.1) is 5.82 Å². The Morgan fingerprint density at radius 2 is 1.62 bits per heavy atom. The monoisotopic (exact) mass is 330 g/mol. The SMILES string of the molecule is CC(C)(C)OC(=O)Nc1cccc(C(=O)Nc2ccc(F)cc2)c1. The molecule has 0 aliphatic heterocycles. The molecule has 0 aromatic heterocycles. The number of carbonyl (C=O) groups is 2. The van der Waals surface area contributed by atoms with E-state index in [1.165, 1.54) is 30.3 Å². The Hall–Kier alpha value is -2.89. The zero-order valence-electron chi connectivity index (χ0n) is 13.7. The molecule has 24 heavy (non-hydrogen) atoms. The second kappa shape index (κ2) is 7.12. The van der Waals surface area contributed by atoms with Crippen LogP contribution in [0.2, 0.25) is 0 Å². The molecule has 0 radical (unpaired) electrons. The van der Waals surface area contributed by atoms with Gasteiger partial charge in [-0.2, -0.15) is 0 Å². The van der Waals surface area contributed by atoms with Gasteiger partial charge < -0.3 is 10.1 Å². The van der Waals surface area contributed by atoms with Gasteiger partial charge in [0.2, 0.25) is 0 Å². The Balaban J connectivity index is 2.05. The molecule has 0 aliphatic rings. The number of amides is 2. The van der Waals surface area contributed by atoms with Gasteiger partial charge in [0, 0.05) is 16.9 Å². The first-order valence-corrected chi connectivity index (χ1v) is 7.40. The second-order valence-electron chi connectivity index (χ2n) is 6.17. The van der Waals surface area contributed by atoms with E-state index in [4.69, 9.17) is 4.74 Å². The summed E-state index contributed by atoms with van der Waals surface area (Å²) in [7, 11) is 0. The lowest BCUT2D eigenvalue weighted by atomic mass is 10.2. The minimum atomic E-state index is -0.609. The van der Waals surface area contributed by atoms with Crippen LogP contribution in [0.15, 0.2) is 48.5 Å². The molecule has 5 nitrogen and oxygen atoms in total. The molecular formula is C18H19FN2O3. The molecule has 0 fully saturated rings. The second-order valence-corrected chi connectivity index (χ2v) is 6.17. The standard InChI is InChI=1S/C18H19FN2O3/c1-18(2,3)24-17(23)21-15-6-4-5-12(11-15)16(22)20-14-9-7-13(19)8-10-14/h4-11H,1-3H3,(H,20,22)(H,21,23). The Kier molecular flexibility index (Phi) is 5.18. The minimum Gasteiger partial charge on any atom is -0.444 e. The lowest BCUT2D eigenvalue weighted by Crippen LogP contribution is -2.27. The van der Waals surface area contributed by atoms with E-state index in [2.05, 4.69) is 10.6 Å². The number of carbonyl (C=O) groups excluding carboxylic acids is 2. The van der Waals surface area contributed by atoms with Crippen molar-refractivity contribution >= 4 is 23.4 Å². The third-order valence-electron chi connectivity index (χ3n) is 2.87. The summed E-state index contributed by atoms with van der Waals surface area (Å²) >= 11 is 0. The normalized spacial score (nSPS) is 10.8. The highest BCUT2D eigenvalue weighted by molar-refractivity contribution is 6.05. The molecule has 126 valence electrons. The van der Waals surface area contributed by atoms with Gasteiger partial charge in [0.25, 0.3) is 5.91 Å². The summed E-state index contributed by atoms with van der Waals surface area (Å²) in [4.78, 5) is 24.0. The molecule has 0 heterocycles. The van der Waals surface area contributed by atoms with Crippen LogP contribution in [-0.2, 0) is 4.74 Å². The summed E-state index contributed by atoms with van der Waals surface area (Å²) in [6.07, 6.45) is -0.599. The van der Waals surface area contributed by atoms with Gasteiger partial charge in [0.05, 0.1) is 0 Å². The average Bonchev–Trinajstić information content (AvgIpc) is 2.48. The summed E-state index contributed by atoms with van der Waals surface area (Å²) in [6.45, 7) is 5.29. The van der Waals surface area contributed by atoms with E-state index in [1.807, 2.05) is 0 Å². The van der Waals surface area contributed by atoms with Crippen molar-refractivity contribution in [2.24, 2.45) is 0 Å². The first-order valence-electron chi connectivity index (χ1n) is 7.40. The summed E-state index contributed by atoms with van der Waals surface area (Å²) in [5, 5.41) is 5.23. The number of halogens is 1. The van der Waals surface area contributed by atoms with Crippen molar-refractivity contribution < 1.29 is 18.7 Å². The van der Waals surface area contributed by atoms with Crippen molar-refractivity contribution in [1.82, 2.24) is 0 Å². The van der Waals surface area contributed by atoms with Crippen LogP contribution in [0.1, 0.15) is 31.1 Å². The fourth-order valence-corrected chi connectivity index (χ4v) is 1.90. The van der Waals surface area contributed by atoms with Crippen LogP contribution >= 0.6 is 0 Å². The van der Waals surface area contributed by atoms with Crippen molar-refractivity contribution in [2.75, 3.05) is 10.6 Å². The molecule has 2 amide bonds. The summed E-state index contributed by atoms with van der Waals surface area (Å²) < 4.78 is 18.0. The molecule has 0 atom stereocenters. The average molecular weight is 330 g/mol. The van der Waals surface area contributed by atoms with E-state index < -0.39 is 11.7 Å². The predicted molar refractivity (Wildman–Crippen MR) is 90.7 cm³/mol. The van der Waals surface area contributed by atoms with Crippen LogP contribution in [0.4, 0.5) is 20.6 Å². The van der Waals surface area contributed by atoms with Crippen molar-refractivity contribution in [3.63, 3.8) is 0 Å². The highest BCUT2D eigenvalue weighted by Crippen LogP contribution is 2.15. The van der Waals surface area contributed by atoms with E-state index in [1.54, 1.807) is 39.0 Å². The highest BCUT2D eigenvalue weighted by Gasteiger charge is 2.16. The molecule has 0 saturated heterocycles. The molecule has 2 rings (SSSR count). The lowest BCUT2D eigenvalue weighted by Gasteiger charge is -2.19. The fourth-order valence-electron chi connectivity index (χ4n) is 1.90. The number of rotatable bonds is 3. The number of nitrogens with one attached hydrogen (secondary N) is 2. The van der Waals surface area contributed by atoms with E-state index in [-0.39, 0.29) is 11.7 Å². The maximum atomic E-state index is 12.9. The maximum Gasteiger partial charge on any atom is 0.412 e. The summed E-state index contributed by atoms with van der Waals surface area (Å²) in [5.41, 5.74) is 0.664. The zero-order chi connectivity index (χ0) is 17.7. The number of benzene rings is 2. The summed E-state index contributed by atoms with van der Waals surface area (Å²) in [6, 6.07) is 11.9. The Morgan fingerprint density at radius 3 is 2.25 bits per heavy atom. The van der Waals surface area contributed by atoms with Crippen LogP contribution in [-0.4, -0.2) is 17.6 Å². The van der Waals surface area contributed by atoms with Crippen LogP contribution < -0.4 is 10.6 Å². The van der Waals surface area contributed by atoms with E-state index >= 15 is 0 Å². The highest BCUT2D eigenvalue weighted by atomic mass is 19.1. The molecule has 0 bridgehead atoms. The van der Waals surface area contributed by atoms with Crippen molar-refractivity contribution in [3.8, 4) is 0 Å². The number of hydrogen-bond donors (Lipinski definition) is 2. The predicted octanol–water partition coefficient (Wildman–Crippen LogP) is 4.43. The Labute approximate surface area is 139 Å². The molecule has 0 unspecified atom stereocenters. The molecule has 2 aromatic carbocycles.